The number of imide groups is 1. The van der Waals surface area contributed by atoms with E-state index < -0.39 is 39.0 Å². The molecule has 8 nitrogen and oxygen atoms in total. The van der Waals surface area contributed by atoms with E-state index in [4.69, 9.17) is 5.73 Å². The van der Waals surface area contributed by atoms with Gasteiger partial charge in [0.15, 0.2) is 15.2 Å². The monoisotopic (exact) mass is 337 g/mol. The number of hydrogen-bond acceptors (Lipinski definition) is 6. The minimum Gasteiger partial charge on any atom is -0.398 e. The minimum atomic E-state index is -3.75. The summed E-state index contributed by atoms with van der Waals surface area (Å²) in [5.41, 5.74) is 6.42. The standard InChI is InChI=1S/C14H15N3O5S/c1-23(21,22)14-11-7(3-2-4-8(11)15)13(20)17(14)9-5-6-10(18)16-12(9)19/h2-4,9,14H,5-6,15H2,1H3,(H,16,18,19). The van der Waals surface area contributed by atoms with Crippen molar-refractivity contribution in [3.8, 4) is 0 Å². The summed E-state index contributed by atoms with van der Waals surface area (Å²) in [6, 6.07) is 3.53. The van der Waals surface area contributed by atoms with Gasteiger partial charge in [0.05, 0.1) is 0 Å². The zero-order chi connectivity index (χ0) is 16.9. The van der Waals surface area contributed by atoms with E-state index in [-0.39, 0.29) is 29.7 Å². The Hall–Kier alpha value is -2.42. The molecule has 122 valence electrons. The molecule has 0 aliphatic carbocycles. The lowest BCUT2D eigenvalue weighted by atomic mass is 10.0. The van der Waals surface area contributed by atoms with Crippen molar-refractivity contribution < 1.29 is 22.8 Å². The number of anilines is 1. The second-order valence-electron chi connectivity index (χ2n) is 5.67. The molecule has 1 saturated heterocycles. The highest BCUT2D eigenvalue weighted by Gasteiger charge is 2.49. The third-order valence-corrected chi connectivity index (χ3v) is 5.33. The van der Waals surface area contributed by atoms with Gasteiger partial charge in [0, 0.05) is 29.5 Å². The molecular weight excluding hydrogens is 322 g/mol. The van der Waals surface area contributed by atoms with Crippen LogP contribution in [0.3, 0.4) is 0 Å². The van der Waals surface area contributed by atoms with Crippen molar-refractivity contribution in [1.82, 2.24) is 10.2 Å². The Morgan fingerprint density at radius 3 is 2.57 bits per heavy atom. The molecule has 23 heavy (non-hydrogen) atoms. The van der Waals surface area contributed by atoms with Gasteiger partial charge in [-0.3, -0.25) is 19.7 Å². The lowest BCUT2D eigenvalue weighted by Crippen LogP contribution is -2.54. The van der Waals surface area contributed by atoms with Crippen LogP contribution in [0.4, 0.5) is 5.69 Å². The number of nitrogen functional groups attached to an aromatic ring is 1. The van der Waals surface area contributed by atoms with Gasteiger partial charge in [-0.05, 0) is 18.6 Å². The number of carbonyl (C=O) groups is 3. The Morgan fingerprint density at radius 2 is 1.96 bits per heavy atom. The molecule has 0 aromatic heterocycles. The summed E-state index contributed by atoms with van der Waals surface area (Å²) in [6.07, 6.45) is 1.12. The molecule has 1 aromatic rings. The molecule has 1 aromatic carbocycles. The number of rotatable bonds is 2. The number of nitrogens with one attached hydrogen (secondary N) is 1. The Kier molecular flexibility index (Phi) is 3.40. The average molecular weight is 337 g/mol. The largest absolute Gasteiger partial charge is 0.398 e. The fourth-order valence-corrected chi connectivity index (χ4v) is 4.45. The topological polar surface area (TPSA) is 127 Å². The Morgan fingerprint density at radius 1 is 1.26 bits per heavy atom. The van der Waals surface area contributed by atoms with Crippen molar-refractivity contribution in [3.05, 3.63) is 29.3 Å². The predicted octanol–water partition coefficient (Wildman–Crippen LogP) is -0.427. The van der Waals surface area contributed by atoms with Gasteiger partial charge in [0.2, 0.25) is 11.8 Å². The van der Waals surface area contributed by atoms with Gasteiger partial charge in [-0.25, -0.2) is 8.42 Å². The zero-order valence-electron chi connectivity index (χ0n) is 12.3. The summed E-state index contributed by atoms with van der Waals surface area (Å²) < 4.78 is 24.5. The van der Waals surface area contributed by atoms with Crippen LogP contribution in [0.2, 0.25) is 0 Å². The van der Waals surface area contributed by atoms with Gasteiger partial charge < -0.3 is 10.6 Å². The van der Waals surface area contributed by atoms with Gasteiger partial charge in [-0.15, -0.1) is 0 Å². The van der Waals surface area contributed by atoms with Crippen LogP contribution in [0.25, 0.3) is 0 Å². The number of amides is 3. The third-order valence-electron chi connectivity index (χ3n) is 4.06. The third kappa shape index (κ3) is 2.37. The number of sulfone groups is 1. The van der Waals surface area contributed by atoms with Crippen molar-refractivity contribution in [2.24, 2.45) is 0 Å². The summed E-state index contributed by atoms with van der Waals surface area (Å²) >= 11 is 0. The van der Waals surface area contributed by atoms with Crippen LogP contribution in [-0.2, 0) is 19.4 Å². The van der Waals surface area contributed by atoms with Crippen LogP contribution >= 0.6 is 0 Å². The van der Waals surface area contributed by atoms with Gasteiger partial charge in [0.1, 0.15) is 6.04 Å². The van der Waals surface area contributed by atoms with Crippen LogP contribution in [-0.4, -0.2) is 43.3 Å². The van der Waals surface area contributed by atoms with Crippen LogP contribution < -0.4 is 11.1 Å². The predicted molar refractivity (Wildman–Crippen MR) is 80.8 cm³/mol. The Labute approximate surface area is 132 Å². The molecule has 0 spiro atoms. The number of piperidine rings is 1. The first-order valence-corrected chi connectivity index (χ1v) is 8.91. The maximum absolute atomic E-state index is 12.7. The van der Waals surface area contributed by atoms with Crippen LogP contribution in [0.5, 0.6) is 0 Å². The van der Waals surface area contributed by atoms with Gasteiger partial charge >= 0.3 is 0 Å². The molecule has 2 atom stereocenters. The van der Waals surface area contributed by atoms with Crippen molar-refractivity contribution in [3.63, 3.8) is 0 Å². The molecule has 2 aliphatic heterocycles. The summed E-state index contributed by atoms with van der Waals surface area (Å²) in [5.74, 6) is -1.68. The molecule has 1 fully saturated rings. The molecule has 9 heteroatoms. The molecule has 3 N–H and O–H groups in total. The first-order valence-electron chi connectivity index (χ1n) is 6.95. The van der Waals surface area contributed by atoms with E-state index in [1.807, 2.05) is 0 Å². The SMILES string of the molecule is CS(=O)(=O)C1c2c(N)cccc2C(=O)N1C1CCC(=O)NC1=O. The van der Waals surface area contributed by atoms with Crippen LogP contribution in [0.15, 0.2) is 18.2 Å². The van der Waals surface area contributed by atoms with E-state index in [0.29, 0.717) is 0 Å². The van der Waals surface area contributed by atoms with E-state index >= 15 is 0 Å². The summed E-state index contributed by atoms with van der Waals surface area (Å²) in [6.45, 7) is 0. The molecule has 0 radical (unpaired) electrons. The normalized spacial score (nSPS) is 24.6. The smallest absolute Gasteiger partial charge is 0.256 e. The highest BCUT2D eigenvalue weighted by Crippen LogP contribution is 2.42. The first kappa shape index (κ1) is 15.5. The number of fused-ring (bicyclic) bond motifs is 1. The first-order chi connectivity index (χ1) is 10.7. The number of nitrogens with zero attached hydrogens (tertiary/aromatic N) is 1. The fraction of sp³-hybridized carbons (Fsp3) is 0.357. The molecule has 2 aliphatic rings. The fourth-order valence-electron chi connectivity index (χ4n) is 3.10. The molecule has 0 saturated carbocycles. The maximum Gasteiger partial charge on any atom is 0.256 e. The van der Waals surface area contributed by atoms with Crippen LogP contribution in [0, 0.1) is 0 Å². The summed E-state index contributed by atoms with van der Waals surface area (Å²) in [5, 5.41) is 0.818. The molecule has 2 heterocycles. The maximum atomic E-state index is 12.7. The van der Waals surface area contributed by atoms with Gasteiger partial charge in [-0.1, -0.05) is 6.07 Å². The van der Waals surface area contributed by atoms with Crippen LogP contribution in [0.1, 0.15) is 34.1 Å². The van der Waals surface area contributed by atoms with E-state index in [9.17, 15) is 22.8 Å². The Bertz CT molecular complexity index is 833. The van der Waals surface area contributed by atoms with Gasteiger partial charge in [0.25, 0.3) is 5.91 Å². The van der Waals surface area contributed by atoms with E-state index in [1.54, 1.807) is 6.07 Å². The second kappa shape index (κ2) is 5.05. The quantitative estimate of drug-likeness (QED) is 0.557. The average Bonchev–Trinajstić information content (AvgIpc) is 2.74. The van der Waals surface area contributed by atoms with Crippen molar-refractivity contribution in [2.45, 2.75) is 24.3 Å². The van der Waals surface area contributed by atoms with Crippen molar-refractivity contribution in [1.29, 1.82) is 0 Å². The second-order valence-corrected chi connectivity index (χ2v) is 7.78. The number of nitrogens with two attached hydrogens (primary N) is 1. The van der Waals surface area contributed by atoms with Gasteiger partial charge in [-0.2, -0.15) is 0 Å². The number of hydrogen-bond donors (Lipinski definition) is 2. The van der Waals surface area contributed by atoms with Crippen molar-refractivity contribution in [2.75, 3.05) is 12.0 Å². The molecular formula is C14H15N3O5S. The van der Waals surface area contributed by atoms with Crippen molar-refractivity contribution >= 4 is 33.2 Å². The molecule has 2 unspecified atom stereocenters. The molecule has 0 bridgehead atoms. The summed E-state index contributed by atoms with van der Waals surface area (Å²) in [7, 11) is -3.75. The lowest BCUT2D eigenvalue weighted by Gasteiger charge is -2.33. The molecule has 3 rings (SSSR count). The Balaban J connectivity index is 2.14. The highest BCUT2D eigenvalue weighted by atomic mass is 32.2. The lowest BCUT2D eigenvalue weighted by molar-refractivity contribution is -0.137. The van der Waals surface area contributed by atoms with E-state index in [2.05, 4.69) is 5.32 Å². The van der Waals surface area contributed by atoms with E-state index in [1.165, 1.54) is 12.1 Å². The van der Waals surface area contributed by atoms with E-state index in [0.717, 1.165) is 11.2 Å². The number of benzene rings is 1. The number of carbonyl (C=O) groups excluding carboxylic acids is 3. The summed E-state index contributed by atoms with van der Waals surface area (Å²) in [4.78, 5) is 37.1. The minimum absolute atomic E-state index is 0.0441. The molecule has 3 amide bonds. The zero-order valence-corrected chi connectivity index (χ0v) is 13.1. The highest BCUT2D eigenvalue weighted by molar-refractivity contribution is 7.90.